The van der Waals surface area contributed by atoms with Crippen LogP contribution >= 0.6 is 0 Å². The van der Waals surface area contributed by atoms with Crippen molar-refractivity contribution in [2.24, 2.45) is 5.92 Å². The van der Waals surface area contributed by atoms with E-state index in [2.05, 4.69) is 23.9 Å². The zero-order chi connectivity index (χ0) is 13.1. The van der Waals surface area contributed by atoms with Crippen LogP contribution in [0.2, 0.25) is 0 Å². The van der Waals surface area contributed by atoms with E-state index >= 15 is 0 Å². The molecule has 1 aliphatic carbocycles. The second kappa shape index (κ2) is 5.59. The Bertz CT molecular complexity index is 395. The number of nitrogen functional groups attached to an aromatic ring is 1. The lowest BCUT2D eigenvalue weighted by molar-refractivity contribution is 0.313. The number of hydrogen-bond donors (Lipinski definition) is 1. The van der Waals surface area contributed by atoms with Gasteiger partial charge in [0, 0.05) is 31.0 Å². The van der Waals surface area contributed by atoms with Crippen molar-refractivity contribution in [1.82, 2.24) is 4.98 Å². The van der Waals surface area contributed by atoms with Crippen LogP contribution in [-0.4, -0.2) is 18.1 Å². The molecule has 3 heteroatoms. The minimum atomic E-state index is 0.627. The van der Waals surface area contributed by atoms with Crippen molar-refractivity contribution in [3.05, 3.63) is 17.8 Å². The van der Waals surface area contributed by atoms with Crippen LogP contribution in [0.4, 0.5) is 11.5 Å². The van der Waals surface area contributed by atoms with Gasteiger partial charge in [-0.1, -0.05) is 13.3 Å². The summed E-state index contributed by atoms with van der Waals surface area (Å²) < 4.78 is 0. The number of nitrogens with two attached hydrogens (primary N) is 1. The first-order valence-corrected chi connectivity index (χ1v) is 7.06. The monoisotopic (exact) mass is 247 g/mol. The number of anilines is 2. The van der Waals surface area contributed by atoms with E-state index in [0.717, 1.165) is 23.0 Å². The van der Waals surface area contributed by atoms with Crippen LogP contribution < -0.4 is 10.6 Å². The molecule has 1 saturated carbocycles. The summed E-state index contributed by atoms with van der Waals surface area (Å²) in [5.74, 6) is 1.95. The second-order valence-corrected chi connectivity index (χ2v) is 5.59. The minimum Gasteiger partial charge on any atom is -0.398 e. The van der Waals surface area contributed by atoms with Gasteiger partial charge in [-0.15, -0.1) is 0 Å². The summed E-state index contributed by atoms with van der Waals surface area (Å²) in [4.78, 5) is 6.81. The summed E-state index contributed by atoms with van der Waals surface area (Å²) in [5.41, 5.74) is 7.86. The van der Waals surface area contributed by atoms with Gasteiger partial charge < -0.3 is 10.6 Å². The third kappa shape index (κ3) is 2.77. The van der Waals surface area contributed by atoms with Crippen LogP contribution in [0.3, 0.4) is 0 Å². The topological polar surface area (TPSA) is 42.1 Å². The van der Waals surface area contributed by atoms with Gasteiger partial charge in [-0.3, -0.25) is 0 Å². The van der Waals surface area contributed by atoms with E-state index in [1.54, 1.807) is 0 Å². The molecule has 18 heavy (non-hydrogen) atoms. The molecule has 1 aromatic rings. The highest BCUT2D eigenvalue weighted by atomic mass is 15.2. The van der Waals surface area contributed by atoms with Crippen molar-refractivity contribution in [3.63, 3.8) is 0 Å². The number of rotatable bonds is 3. The number of aryl methyl sites for hydroxylation is 1. The van der Waals surface area contributed by atoms with E-state index in [1.165, 1.54) is 32.1 Å². The van der Waals surface area contributed by atoms with Gasteiger partial charge >= 0.3 is 0 Å². The molecular weight excluding hydrogens is 222 g/mol. The molecule has 100 valence electrons. The molecule has 0 radical (unpaired) electrons. The van der Waals surface area contributed by atoms with Crippen LogP contribution in [0.15, 0.2) is 12.3 Å². The van der Waals surface area contributed by atoms with Crippen LogP contribution in [0, 0.1) is 12.8 Å². The maximum atomic E-state index is 5.96. The van der Waals surface area contributed by atoms with Gasteiger partial charge in [0.05, 0.1) is 0 Å². The number of nitrogens with zero attached hydrogens (tertiary/aromatic N) is 2. The highest BCUT2D eigenvalue weighted by Gasteiger charge is 2.23. The summed E-state index contributed by atoms with van der Waals surface area (Å²) in [7, 11) is 2.15. The third-order valence-electron chi connectivity index (χ3n) is 4.43. The summed E-state index contributed by atoms with van der Waals surface area (Å²) in [6.45, 7) is 4.30. The molecule has 0 atom stereocenters. The standard InChI is InChI=1S/C15H25N3/c1-4-12-5-7-13(8-6-12)18(3)15-9-14(16)11(2)10-17-15/h9-10,12-13H,4-8H2,1-3H3,(H2,16,17). The first-order chi connectivity index (χ1) is 8.61. The Balaban J connectivity index is 2.03. The molecule has 3 nitrogen and oxygen atoms in total. The van der Waals surface area contributed by atoms with Crippen LogP contribution in [0.25, 0.3) is 0 Å². The third-order valence-corrected chi connectivity index (χ3v) is 4.43. The van der Waals surface area contributed by atoms with E-state index in [9.17, 15) is 0 Å². The largest absolute Gasteiger partial charge is 0.398 e. The quantitative estimate of drug-likeness (QED) is 0.890. The summed E-state index contributed by atoms with van der Waals surface area (Å²) in [6.07, 6.45) is 8.47. The normalized spacial score (nSPS) is 23.9. The molecule has 0 aromatic carbocycles. The lowest BCUT2D eigenvalue weighted by atomic mass is 9.84. The average molecular weight is 247 g/mol. The molecule has 0 saturated heterocycles. The Hall–Kier alpha value is -1.25. The summed E-state index contributed by atoms with van der Waals surface area (Å²) in [5, 5.41) is 0. The van der Waals surface area contributed by atoms with E-state index < -0.39 is 0 Å². The predicted octanol–water partition coefficient (Wildman–Crippen LogP) is 3.38. The zero-order valence-electron chi connectivity index (χ0n) is 11.8. The van der Waals surface area contributed by atoms with Crippen molar-refractivity contribution >= 4 is 11.5 Å². The van der Waals surface area contributed by atoms with Crippen molar-refractivity contribution in [1.29, 1.82) is 0 Å². The van der Waals surface area contributed by atoms with Crippen molar-refractivity contribution < 1.29 is 0 Å². The van der Waals surface area contributed by atoms with Crippen molar-refractivity contribution in [2.45, 2.75) is 52.0 Å². The van der Waals surface area contributed by atoms with Crippen LogP contribution in [0.5, 0.6) is 0 Å². The second-order valence-electron chi connectivity index (χ2n) is 5.59. The van der Waals surface area contributed by atoms with E-state index in [-0.39, 0.29) is 0 Å². The fourth-order valence-electron chi connectivity index (χ4n) is 2.85. The molecule has 0 spiro atoms. The highest BCUT2D eigenvalue weighted by Crippen LogP contribution is 2.31. The van der Waals surface area contributed by atoms with Crippen molar-refractivity contribution in [2.75, 3.05) is 17.7 Å². The fraction of sp³-hybridized carbons (Fsp3) is 0.667. The predicted molar refractivity (Wildman–Crippen MR) is 77.8 cm³/mol. The Morgan fingerprint density at radius 2 is 2.00 bits per heavy atom. The average Bonchev–Trinajstić information content (AvgIpc) is 2.41. The Morgan fingerprint density at radius 3 is 2.56 bits per heavy atom. The van der Waals surface area contributed by atoms with Gasteiger partial charge in [-0.05, 0) is 44.1 Å². The van der Waals surface area contributed by atoms with E-state index in [4.69, 9.17) is 5.73 Å². The highest BCUT2D eigenvalue weighted by molar-refractivity contribution is 5.54. The molecule has 1 aliphatic rings. The van der Waals surface area contributed by atoms with Gasteiger partial charge in [-0.2, -0.15) is 0 Å². The first-order valence-electron chi connectivity index (χ1n) is 7.06. The molecule has 0 aliphatic heterocycles. The van der Waals surface area contributed by atoms with Gasteiger partial charge in [0.2, 0.25) is 0 Å². The molecule has 0 amide bonds. The number of pyridine rings is 1. The molecule has 0 unspecified atom stereocenters. The van der Waals surface area contributed by atoms with Gasteiger partial charge in [0.25, 0.3) is 0 Å². The van der Waals surface area contributed by atoms with Crippen molar-refractivity contribution in [3.8, 4) is 0 Å². The lowest BCUT2D eigenvalue weighted by Crippen LogP contribution is -2.35. The lowest BCUT2D eigenvalue weighted by Gasteiger charge is -2.35. The number of hydrogen-bond acceptors (Lipinski definition) is 3. The molecule has 1 aromatic heterocycles. The Morgan fingerprint density at radius 1 is 1.33 bits per heavy atom. The smallest absolute Gasteiger partial charge is 0.130 e. The molecule has 1 fully saturated rings. The summed E-state index contributed by atoms with van der Waals surface area (Å²) >= 11 is 0. The molecule has 1 heterocycles. The molecule has 0 bridgehead atoms. The Labute approximate surface area is 110 Å². The zero-order valence-corrected chi connectivity index (χ0v) is 11.8. The maximum absolute atomic E-state index is 5.96. The van der Waals surface area contributed by atoms with Crippen LogP contribution in [-0.2, 0) is 0 Å². The first kappa shape index (κ1) is 13.2. The Kier molecular flexibility index (Phi) is 4.10. The molecular formula is C15H25N3. The fourth-order valence-corrected chi connectivity index (χ4v) is 2.85. The molecule has 2 N–H and O–H groups in total. The maximum Gasteiger partial charge on any atom is 0.130 e. The minimum absolute atomic E-state index is 0.627. The van der Waals surface area contributed by atoms with Crippen LogP contribution in [0.1, 0.15) is 44.6 Å². The van der Waals surface area contributed by atoms with E-state index in [0.29, 0.717) is 6.04 Å². The van der Waals surface area contributed by atoms with Gasteiger partial charge in [0.1, 0.15) is 5.82 Å². The molecule has 2 rings (SSSR count). The summed E-state index contributed by atoms with van der Waals surface area (Å²) in [6, 6.07) is 2.63. The van der Waals surface area contributed by atoms with Gasteiger partial charge in [-0.25, -0.2) is 4.98 Å². The van der Waals surface area contributed by atoms with Gasteiger partial charge in [0.15, 0.2) is 0 Å². The SMILES string of the molecule is CCC1CCC(N(C)c2cc(N)c(C)cn2)CC1. The number of aromatic nitrogens is 1. The van der Waals surface area contributed by atoms with E-state index in [1.807, 2.05) is 19.2 Å².